The van der Waals surface area contributed by atoms with E-state index in [0.717, 1.165) is 27.4 Å². The molecule has 0 fully saturated rings. The van der Waals surface area contributed by atoms with Crippen molar-refractivity contribution < 1.29 is 0 Å². The number of nitrogens with one attached hydrogen (secondary N) is 1. The van der Waals surface area contributed by atoms with Gasteiger partial charge >= 0.3 is 0 Å². The van der Waals surface area contributed by atoms with E-state index in [2.05, 4.69) is 40.2 Å². The van der Waals surface area contributed by atoms with Crippen LogP contribution in [-0.2, 0) is 7.05 Å². The van der Waals surface area contributed by atoms with Crippen LogP contribution in [0, 0.1) is 0 Å². The molecule has 0 aliphatic heterocycles. The first-order valence-corrected chi connectivity index (χ1v) is 6.63. The lowest BCUT2D eigenvalue weighted by atomic mass is 10.1. The van der Waals surface area contributed by atoms with Gasteiger partial charge in [0.1, 0.15) is 0 Å². The molecule has 18 heavy (non-hydrogen) atoms. The number of anilines is 3. The maximum Gasteiger partial charge on any atom is 0.152 e. The Hall–Kier alpha value is -1.49. The van der Waals surface area contributed by atoms with E-state index in [1.54, 1.807) is 4.68 Å². The van der Waals surface area contributed by atoms with Crippen molar-refractivity contribution in [1.29, 1.82) is 0 Å². The van der Waals surface area contributed by atoms with Crippen molar-refractivity contribution in [3.8, 4) is 0 Å². The van der Waals surface area contributed by atoms with Crippen LogP contribution >= 0.6 is 15.9 Å². The lowest BCUT2D eigenvalue weighted by Gasteiger charge is -2.08. The highest BCUT2D eigenvalue weighted by Gasteiger charge is 2.15. The van der Waals surface area contributed by atoms with Crippen molar-refractivity contribution in [2.45, 2.75) is 19.8 Å². The van der Waals surface area contributed by atoms with E-state index in [4.69, 9.17) is 5.73 Å². The normalized spacial score (nSPS) is 10.9. The van der Waals surface area contributed by atoms with Crippen molar-refractivity contribution >= 4 is 33.1 Å². The van der Waals surface area contributed by atoms with Crippen LogP contribution < -0.4 is 11.1 Å². The molecule has 96 valence electrons. The van der Waals surface area contributed by atoms with E-state index in [-0.39, 0.29) is 0 Å². The summed E-state index contributed by atoms with van der Waals surface area (Å²) in [5.41, 5.74) is 8.76. The first kappa shape index (κ1) is 13.0. The Balaban J connectivity index is 2.32. The molecule has 1 aromatic carbocycles. The van der Waals surface area contributed by atoms with E-state index in [0.29, 0.717) is 5.92 Å². The standard InChI is InChI=1S/C13H17BrN4/c1-8(2)12-11(15)13(18(3)17-12)16-10-6-4-9(14)5-7-10/h4-8,16H,15H2,1-3H3. The molecule has 5 heteroatoms. The zero-order valence-electron chi connectivity index (χ0n) is 10.7. The first-order chi connectivity index (χ1) is 8.49. The van der Waals surface area contributed by atoms with Gasteiger partial charge < -0.3 is 11.1 Å². The van der Waals surface area contributed by atoms with Crippen LogP contribution in [0.5, 0.6) is 0 Å². The SMILES string of the molecule is CC(C)c1nn(C)c(Nc2ccc(Br)cc2)c1N. The van der Waals surface area contributed by atoms with Gasteiger partial charge in [-0.05, 0) is 30.2 Å². The highest BCUT2D eigenvalue weighted by Crippen LogP contribution is 2.30. The van der Waals surface area contributed by atoms with Crippen LogP contribution in [0.2, 0.25) is 0 Å². The van der Waals surface area contributed by atoms with E-state index < -0.39 is 0 Å². The summed E-state index contributed by atoms with van der Waals surface area (Å²) in [5, 5.41) is 7.74. The van der Waals surface area contributed by atoms with Crippen molar-refractivity contribution in [1.82, 2.24) is 9.78 Å². The van der Waals surface area contributed by atoms with E-state index in [1.807, 2.05) is 31.3 Å². The van der Waals surface area contributed by atoms with Gasteiger partial charge in [0.25, 0.3) is 0 Å². The topological polar surface area (TPSA) is 55.9 Å². The zero-order chi connectivity index (χ0) is 13.3. The van der Waals surface area contributed by atoms with Crippen molar-refractivity contribution in [2.24, 2.45) is 7.05 Å². The minimum atomic E-state index is 0.316. The minimum Gasteiger partial charge on any atom is -0.394 e. The molecule has 0 spiro atoms. The molecule has 0 bridgehead atoms. The molecule has 0 atom stereocenters. The average Bonchev–Trinajstić information content (AvgIpc) is 2.60. The third kappa shape index (κ3) is 2.51. The number of nitrogens with two attached hydrogens (primary N) is 1. The monoisotopic (exact) mass is 308 g/mol. The fourth-order valence-corrected chi connectivity index (χ4v) is 2.07. The highest BCUT2D eigenvalue weighted by molar-refractivity contribution is 9.10. The van der Waals surface area contributed by atoms with Crippen molar-refractivity contribution in [2.75, 3.05) is 11.1 Å². The fourth-order valence-electron chi connectivity index (χ4n) is 1.81. The molecule has 0 aliphatic carbocycles. The van der Waals surface area contributed by atoms with Crippen LogP contribution in [0.15, 0.2) is 28.7 Å². The zero-order valence-corrected chi connectivity index (χ0v) is 12.3. The third-order valence-electron chi connectivity index (χ3n) is 2.77. The molecular formula is C13H17BrN4. The van der Waals surface area contributed by atoms with Gasteiger partial charge in [-0.1, -0.05) is 29.8 Å². The van der Waals surface area contributed by atoms with Gasteiger partial charge in [-0.3, -0.25) is 4.68 Å². The summed E-state index contributed by atoms with van der Waals surface area (Å²) in [4.78, 5) is 0. The first-order valence-electron chi connectivity index (χ1n) is 5.84. The van der Waals surface area contributed by atoms with E-state index in [1.165, 1.54) is 0 Å². The second-order valence-electron chi connectivity index (χ2n) is 4.56. The number of nitrogens with zero attached hydrogens (tertiary/aromatic N) is 2. The molecule has 3 N–H and O–H groups in total. The Bertz CT molecular complexity index is 543. The number of halogens is 1. The van der Waals surface area contributed by atoms with Gasteiger partial charge in [-0.25, -0.2) is 0 Å². The van der Waals surface area contributed by atoms with Gasteiger partial charge in [-0.15, -0.1) is 0 Å². The summed E-state index contributed by atoms with van der Waals surface area (Å²) in [6.45, 7) is 4.17. The summed E-state index contributed by atoms with van der Waals surface area (Å²) in [7, 11) is 1.89. The average molecular weight is 309 g/mol. The predicted molar refractivity (Wildman–Crippen MR) is 79.1 cm³/mol. The lowest BCUT2D eigenvalue weighted by molar-refractivity contribution is 0.718. The second kappa shape index (κ2) is 5.02. The summed E-state index contributed by atoms with van der Waals surface area (Å²) >= 11 is 3.41. The Morgan fingerprint density at radius 3 is 2.39 bits per heavy atom. The number of hydrogen-bond donors (Lipinski definition) is 2. The number of aryl methyl sites for hydroxylation is 1. The lowest BCUT2D eigenvalue weighted by Crippen LogP contribution is -2.01. The van der Waals surface area contributed by atoms with Gasteiger partial charge in [0.15, 0.2) is 5.82 Å². The van der Waals surface area contributed by atoms with Crippen LogP contribution in [0.4, 0.5) is 17.2 Å². The second-order valence-corrected chi connectivity index (χ2v) is 5.47. The van der Waals surface area contributed by atoms with E-state index in [9.17, 15) is 0 Å². The van der Waals surface area contributed by atoms with Crippen molar-refractivity contribution in [3.05, 3.63) is 34.4 Å². The number of aromatic nitrogens is 2. The molecule has 2 rings (SSSR count). The molecule has 0 saturated heterocycles. The smallest absolute Gasteiger partial charge is 0.152 e. The summed E-state index contributed by atoms with van der Waals surface area (Å²) in [5.74, 6) is 1.15. The van der Waals surface area contributed by atoms with Gasteiger partial charge in [0.05, 0.1) is 11.4 Å². The number of nitrogen functional groups attached to an aromatic ring is 1. The third-order valence-corrected chi connectivity index (χ3v) is 3.29. The highest BCUT2D eigenvalue weighted by atomic mass is 79.9. The molecule has 0 aliphatic rings. The van der Waals surface area contributed by atoms with Crippen LogP contribution in [0.3, 0.4) is 0 Å². The van der Waals surface area contributed by atoms with Gasteiger partial charge in [0.2, 0.25) is 0 Å². The number of benzene rings is 1. The minimum absolute atomic E-state index is 0.316. The molecule has 0 radical (unpaired) electrons. The maximum atomic E-state index is 6.13. The molecule has 0 amide bonds. The Labute approximate surface area is 115 Å². The molecule has 4 nitrogen and oxygen atoms in total. The van der Waals surface area contributed by atoms with E-state index >= 15 is 0 Å². The Morgan fingerprint density at radius 2 is 1.89 bits per heavy atom. The van der Waals surface area contributed by atoms with Crippen LogP contribution in [0.1, 0.15) is 25.5 Å². The number of rotatable bonds is 3. The fraction of sp³-hybridized carbons (Fsp3) is 0.308. The molecule has 1 aromatic heterocycles. The largest absolute Gasteiger partial charge is 0.394 e. The van der Waals surface area contributed by atoms with Crippen LogP contribution in [0.25, 0.3) is 0 Å². The van der Waals surface area contributed by atoms with Gasteiger partial charge in [0, 0.05) is 17.2 Å². The van der Waals surface area contributed by atoms with Crippen molar-refractivity contribution in [3.63, 3.8) is 0 Å². The molecule has 0 unspecified atom stereocenters. The molecule has 0 saturated carbocycles. The molecular weight excluding hydrogens is 292 g/mol. The van der Waals surface area contributed by atoms with Crippen LogP contribution in [-0.4, -0.2) is 9.78 Å². The van der Waals surface area contributed by atoms with Gasteiger partial charge in [-0.2, -0.15) is 5.10 Å². The summed E-state index contributed by atoms with van der Waals surface area (Å²) < 4.78 is 2.83. The summed E-state index contributed by atoms with van der Waals surface area (Å²) in [6, 6.07) is 7.95. The molecule has 1 heterocycles. The Morgan fingerprint density at radius 1 is 1.28 bits per heavy atom. The number of hydrogen-bond acceptors (Lipinski definition) is 3. The molecule has 2 aromatic rings. The quantitative estimate of drug-likeness (QED) is 0.910. The maximum absolute atomic E-state index is 6.13. The summed E-state index contributed by atoms with van der Waals surface area (Å²) in [6.07, 6.45) is 0. The predicted octanol–water partition coefficient (Wildman–Crippen LogP) is 3.63. The Kier molecular flexibility index (Phi) is 3.61.